The molecule has 0 bridgehead atoms. The van der Waals surface area contributed by atoms with E-state index < -0.39 is 5.91 Å². The summed E-state index contributed by atoms with van der Waals surface area (Å²) in [4.78, 5) is 11.0. The third-order valence-electron chi connectivity index (χ3n) is 3.47. The van der Waals surface area contributed by atoms with E-state index >= 15 is 0 Å². The number of anilines is 1. The number of benzene rings is 2. The molecule has 0 spiro atoms. The van der Waals surface area contributed by atoms with Crippen LogP contribution in [0.5, 0.6) is 5.75 Å². The van der Waals surface area contributed by atoms with E-state index in [1.165, 1.54) is 0 Å². The molecule has 2 aromatic carbocycles. The number of nitrogens with two attached hydrogens (primary N) is 1. The molecular weight excluding hydrogens is 288 g/mol. The number of hydrogen-bond acceptors (Lipinski definition) is 3. The van der Waals surface area contributed by atoms with Gasteiger partial charge in [-0.2, -0.15) is 0 Å². The van der Waals surface area contributed by atoms with Gasteiger partial charge in [0.2, 0.25) is 5.91 Å². The number of primary amides is 1. The van der Waals surface area contributed by atoms with E-state index in [0.717, 1.165) is 28.4 Å². The molecule has 0 aromatic heterocycles. The van der Waals surface area contributed by atoms with Gasteiger partial charge in [-0.15, -0.1) is 0 Å². The molecule has 5 heteroatoms. The van der Waals surface area contributed by atoms with Gasteiger partial charge in [0.15, 0.2) is 0 Å². The van der Waals surface area contributed by atoms with E-state index in [0.29, 0.717) is 12.1 Å². The predicted octanol–water partition coefficient (Wildman–Crippen LogP) is 2.85. The zero-order chi connectivity index (χ0) is 14.8. The third-order valence-corrected chi connectivity index (χ3v) is 3.70. The van der Waals surface area contributed by atoms with Crippen LogP contribution in [-0.2, 0) is 6.42 Å². The highest BCUT2D eigenvalue weighted by Crippen LogP contribution is 2.31. The Morgan fingerprint density at radius 2 is 2.05 bits per heavy atom. The van der Waals surface area contributed by atoms with Crippen molar-refractivity contribution < 1.29 is 9.53 Å². The highest BCUT2D eigenvalue weighted by atomic mass is 35.5. The van der Waals surface area contributed by atoms with Crippen molar-refractivity contribution in [2.45, 2.75) is 12.5 Å². The summed E-state index contributed by atoms with van der Waals surface area (Å²) in [5, 5.41) is 4.02. The molecular formula is C16H15ClN2O2. The van der Waals surface area contributed by atoms with E-state index in [1.54, 1.807) is 12.1 Å². The lowest BCUT2D eigenvalue weighted by atomic mass is 10.1. The average molecular weight is 303 g/mol. The molecule has 0 aliphatic carbocycles. The summed E-state index contributed by atoms with van der Waals surface area (Å²) in [5.41, 5.74) is 7.77. The van der Waals surface area contributed by atoms with Crippen LogP contribution in [0.2, 0.25) is 5.02 Å². The number of fused-ring (bicyclic) bond motifs is 1. The van der Waals surface area contributed by atoms with Crippen LogP contribution in [0.1, 0.15) is 15.9 Å². The first kappa shape index (κ1) is 13.8. The van der Waals surface area contributed by atoms with Gasteiger partial charge in [-0.05, 0) is 48.0 Å². The number of carbonyl (C=O) groups is 1. The Morgan fingerprint density at radius 3 is 2.76 bits per heavy atom. The van der Waals surface area contributed by atoms with Crippen molar-refractivity contribution in [1.82, 2.24) is 0 Å². The number of nitrogens with one attached hydrogen (secondary N) is 1. The van der Waals surface area contributed by atoms with Crippen LogP contribution in [0.25, 0.3) is 0 Å². The second-order valence-corrected chi connectivity index (χ2v) is 5.45. The quantitative estimate of drug-likeness (QED) is 0.913. The lowest BCUT2D eigenvalue weighted by Crippen LogP contribution is -2.24. The Morgan fingerprint density at radius 1 is 1.29 bits per heavy atom. The van der Waals surface area contributed by atoms with Gasteiger partial charge >= 0.3 is 0 Å². The summed E-state index contributed by atoms with van der Waals surface area (Å²) in [5.74, 6) is 0.475. The van der Waals surface area contributed by atoms with Crippen molar-refractivity contribution >= 4 is 23.2 Å². The summed E-state index contributed by atoms with van der Waals surface area (Å²) >= 11 is 5.98. The average Bonchev–Trinajstić information content (AvgIpc) is 2.87. The SMILES string of the molecule is NC(=O)c1ccc(NCC2Cc3cc(Cl)ccc3O2)cc1. The molecule has 0 fully saturated rings. The molecule has 3 N–H and O–H groups in total. The zero-order valence-electron chi connectivity index (χ0n) is 11.3. The van der Waals surface area contributed by atoms with Crippen LogP contribution in [0.3, 0.4) is 0 Å². The molecule has 1 heterocycles. The van der Waals surface area contributed by atoms with E-state index in [-0.39, 0.29) is 6.10 Å². The van der Waals surface area contributed by atoms with Crippen molar-refractivity contribution in [1.29, 1.82) is 0 Å². The fraction of sp³-hybridized carbons (Fsp3) is 0.188. The van der Waals surface area contributed by atoms with Crippen LogP contribution in [0.15, 0.2) is 42.5 Å². The largest absolute Gasteiger partial charge is 0.488 e. The number of amides is 1. The van der Waals surface area contributed by atoms with Crippen molar-refractivity contribution in [2.75, 3.05) is 11.9 Å². The zero-order valence-corrected chi connectivity index (χ0v) is 12.1. The number of rotatable bonds is 4. The second kappa shape index (κ2) is 5.66. The minimum atomic E-state index is -0.423. The topological polar surface area (TPSA) is 64.4 Å². The first-order valence-corrected chi connectivity index (χ1v) is 7.08. The van der Waals surface area contributed by atoms with Crippen LogP contribution < -0.4 is 15.8 Å². The molecule has 0 saturated carbocycles. The summed E-state index contributed by atoms with van der Waals surface area (Å²) in [7, 11) is 0. The number of ether oxygens (including phenoxy) is 1. The van der Waals surface area contributed by atoms with Crippen LogP contribution in [0, 0.1) is 0 Å². The van der Waals surface area contributed by atoms with E-state index in [9.17, 15) is 4.79 Å². The minimum absolute atomic E-state index is 0.0780. The smallest absolute Gasteiger partial charge is 0.248 e. The van der Waals surface area contributed by atoms with Crippen LogP contribution >= 0.6 is 11.6 Å². The lowest BCUT2D eigenvalue weighted by molar-refractivity contribution is 0.100. The highest BCUT2D eigenvalue weighted by Gasteiger charge is 2.22. The standard InChI is InChI=1S/C16H15ClN2O2/c17-12-3-6-15-11(7-12)8-14(21-15)9-19-13-4-1-10(2-5-13)16(18)20/h1-7,14,19H,8-9H2,(H2,18,20). The fourth-order valence-corrected chi connectivity index (χ4v) is 2.58. The maximum atomic E-state index is 11.0. The molecule has 4 nitrogen and oxygen atoms in total. The second-order valence-electron chi connectivity index (χ2n) is 5.02. The number of halogens is 1. The van der Waals surface area contributed by atoms with Gasteiger partial charge in [0.25, 0.3) is 0 Å². The van der Waals surface area contributed by atoms with E-state index in [2.05, 4.69) is 5.32 Å². The van der Waals surface area contributed by atoms with Gasteiger partial charge in [-0.1, -0.05) is 11.6 Å². The third kappa shape index (κ3) is 3.11. The van der Waals surface area contributed by atoms with Gasteiger partial charge < -0.3 is 15.8 Å². The summed E-state index contributed by atoms with van der Waals surface area (Å²) in [6.45, 7) is 0.683. The Labute approximate surface area is 127 Å². The maximum Gasteiger partial charge on any atom is 0.248 e. The Hall–Kier alpha value is -2.20. The van der Waals surface area contributed by atoms with Gasteiger partial charge in [0.05, 0.1) is 6.54 Å². The fourth-order valence-electron chi connectivity index (χ4n) is 2.39. The minimum Gasteiger partial charge on any atom is -0.488 e. The number of carbonyl (C=O) groups excluding carboxylic acids is 1. The summed E-state index contributed by atoms with van der Waals surface area (Å²) in [6, 6.07) is 12.7. The molecule has 1 atom stereocenters. The normalized spacial score (nSPS) is 16.1. The van der Waals surface area contributed by atoms with Crippen LogP contribution in [-0.4, -0.2) is 18.6 Å². The van der Waals surface area contributed by atoms with Gasteiger partial charge in [-0.25, -0.2) is 0 Å². The maximum absolute atomic E-state index is 11.0. The molecule has 1 aliphatic heterocycles. The van der Waals surface area contributed by atoms with Gasteiger partial charge in [-0.3, -0.25) is 4.79 Å². The molecule has 1 aliphatic rings. The Balaban J connectivity index is 1.58. The number of hydrogen-bond donors (Lipinski definition) is 2. The molecule has 21 heavy (non-hydrogen) atoms. The molecule has 108 valence electrons. The van der Waals surface area contributed by atoms with E-state index in [4.69, 9.17) is 22.1 Å². The molecule has 3 rings (SSSR count). The van der Waals surface area contributed by atoms with Crippen molar-refractivity contribution in [3.63, 3.8) is 0 Å². The first-order chi connectivity index (χ1) is 10.1. The Kier molecular flexibility index (Phi) is 3.71. The van der Waals surface area contributed by atoms with Crippen molar-refractivity contribution in [2.24, 2.45) is 5.73 Å². The van der Waals surface area contributed by atoms with Crippen LogP contribution in [0.4, 0.5) is 5.69 Å². The lowest BCUT2D eigenvalue weighted by Gasteiger charge is -2.13. The molecule has 1 unspecified atom stereocenters. The first-order valence-electron chi connectivity index (χ1n) is 6.70. The summed E-state index contributed by atoms with van der Waals surface area (Å²) < 4.78 is 5.85. The van der Waals surface area contributed by atoms with E-state index in [1.807, 2.05) is 30.3 Å². The van der Waals surface area contributed by atoms with Gasteiger partial charge in [0.1, 0.15) is 11.9 Å². The van der Waals surface area contributed by atoms with Crippen molar-refractivity contribution in [3.05, 3.63) is 58.6 Å². The summed E-state index contributed by atoms with van der Waals surface area (Å²) in [6.07, 6.45) is 0.914. The predicted molar refractivity (Wildman–Crippen MR) is 83.0 cm³/mol. The molecule has 0 saturated heterocycles. The monoisotopic (exact) mass is 302 g/mol. The van der Waals surface area contributed by atoms with Crippen molar-refractivity contribution in [3.8, 4) is 5.75 Å². The highest BCUT2D eigenvalue weighted by molar-refractivity contribution is 6.30. The molecule has 2 aromatic rings. The Bertz CT molecular complexity index is 670. The molecule has 1 amide bonds. The van der Waals surface area contributed by atoms with Gasteiger partial charge in [0, 0.05) is 22.7 Å². The molecule has 0 radical (unpaired) electrons.